The van der Waals surface area contributed by atoms with E-state index < -0.39 is 23.8 Å². The molecule has 4 nitrogen and oxygen atoms in total. The van der Waals surface area contributed by atoms with E-state index in [1.807, 2.05) is 0 Å². The first-order chi connectivity index (χ1) is 10.3. The quantitative estimate of drug-likeness (QED) is 0.895. The number of hydrogen-bond acceptors (Lipinski definition) is 3. The van der Waals surface area contributed by atoms with Gasteiger partial charge in [-0.1, -0.05) is 12.1 Å². The number of carboxylic acid groups (broad SMARTS) is 1. The Bertz CT molecular complexity index is 669. The van der Waals surface area contributed by atoms with Gasteiger partial charge in [-0.2, -0.15) is 13.2 Å². The van der Waals surface area contributed by atoms with Crippen LogP contribution in [0.2, 0.25) is 0 Å². The van der Waals surface area contributed by atoms with Crippen molar-refractivity contribution >= 4 is 17.3 Å². The first-order valence-electron chi connectivity index (χ1n) is 6.40. The minimum Gasteiger partial charge on any atom is -0.481 e. The molecule has 116 valence electrons. The van der Waals surface area contributed by atoms with Crippen molar-refractivity contribution in [2.24, 2.45) is 0 Å². The molecule has 0 radical (unpaired) electrons. The molecule has 0 spiro atoms. The zero-order valence-electron chi connectivity index (χ0n) is 11.6. The topological polar surface area (TPSA) is 62.2 Å². The van der Waals surface area contributed by atoms with Gasteiger partial charge in [-0.05, 0) is 36.8 Å². The molecule has 0 saturated carbocycles. The van der Waals surface area contributed by atoms with Crippen LogP contribution in [0.5, 0.6) is 0 Å². The Morgan fingerprint density at radius 2 is 1.82 bits per heavy atom. The molecule has 22 heavy (non-hydrogen) atoms. The molecule has 0 aliphatic heterocycles. The summed E-state index contributed by atoms with van der Waals surface area (Å²) in [5, 5.41) is 11.7. The number of rotatable bonds is 4. The van der Waals surface area contributed by atoms with Gasteiger partial charge in [-0.25, -0.2) is 0 Å². The molecule has 1 atom stereocenters. The molecular formula is C15H13F3N2O2. The van der Waals surface area contributed by atoms with Gasteiger partial charge in [0.2, 0.25) is 0 Å². The number of anilines is 2. The van der Waals surface area contributed by atoms with E-state index in [2.05, 4.69) is 10.3 Å². The van der Waals surface area contributed by atoms with Gasteiger partial charge in [-0.15, -0.1) is 0 Å². The van der Waals surface area contributed by atoms with Crippen LogP contribution in [0, 0.1) is 0 Å². The van der Waals surface area contributed by atoms with Gasteiger partial charge in [0.15, 0.2) is 0 Å². The smallest absolute Gasteiger partial charge is 0.433 e. The molecule has 1 unspecified atom stereocenters. The summed E-state index contributed by atoms with van der Waals surface area (Å²) in [5.41, 5.74) is 0.444. The molecule has 7 heteroatoms. The van der Waals surface area contributed by atoms with E-state index in [9.17, 15) is 18.0 Å². The molecule has 0 bridgehead atoms. The van der Waals surface area contributed by atoms with Crippen molar-refractivity contribution in [3.8, 4) is 0 Å². The number of pyridine rings is 1. The van der Waals surface area contributed by atoms with E-state index in [1.54, 1.807) is 31.2 Å². The van der Waals surface area contributed by atoms with E-state index in [-0.39, 0.29) is 5.69 Å². The number of hydrogen-bond donors (Lipinski definition) is 2. The average Bonchev–Trinajstić information content (AvgIpc) is 2.46. The van der Waals surface area contributed by atoms with Crippen molar-refractivity contribution < 1.29 is 23.1 Å². The lowest BCUT2D eigenvalue weighted by molar-refractivity contribution is -0.141. The van der Waals surface area contributed by atoms with Crippen molar-refractivity contribution in [2.75, 3.05) is 5.32 Å². The Labute approximate surface area is 124 Å². The summed E-state index contributed by atoms with van der Waals surface area (Å²) in [7, 11) is 0. The van der Waals surface area contributed by atoms with E-state index in [0.29, 0.717) is 11.3 Å². The third-order valence-corrected chi connectivity index (χ3v) is 3.12. The minimum atomic E-state index is -4.50. The van der Waals surface area contributed by atoms with E-state index in [1.165, 1.54) is 6.07 Å². The molecule has 0 amide bonds. The highest BCUT2D eigenvalue weighted by Gasteiger charge is 2.32. The number of aromatic nitrogens is 1. The molecule has 1 aromatic carbocycles. The van der Waals surface area contributed by atoms with Gasteiger partial charge in [0.25, 0.3) is 0 Å². The van der Waals surface area contributed by atoms with Crippen molar-refractivity contribution in [1.29, 1.82) is 0 Å². The summed E-state index contributed by atoms with van der Waals surface area (Å²) < 4.78 is 37.7. The Hall–Kier alpha value is -2.57. The monoisotopic (exact) mass is 310 g/mol. The van der Waals surface area contributed by atoms with Crippen LogP contribution in [0.4, 0.5) is 24.5 Å². The van der Waals surface area contributed by atoms with Gasteiger partial charge < -0.3 is 10.4 Å². The van der Waals surface area contributed by atoms with Crippen LogP contribution in [0.15, 0.2) is 42.6 Å². The van der Waals surface area contributed by atoms with Gasteiger partial charge in [0, 0.05) is 17.6 Å². The average molecular weight is 310 g/mol. The number of benzene rings is 1. The summed E-state index contributed by atoms with van der Waals surface area (Å²) >= 11 is 0. The Balaban J connectivity index is 2.16. The maximum absolute atomic E-state index is 12.6. The van der Waals surface area contributed by atoms with Gasteiger partial charge in [-0.3, -0.25) is 9.78 Å². The third-order valence-electron chi connectivity index (χ3n) is 3.12. The molecule has 0 aliphatic carbocycles. The van der Waals surface area contributed by atoms with Crippen LogP contribution in [-0.2, 0) is 11.0 Å². The van der Waals surface area contributed by atoms with Crippen LogP contribution < -0.4 is 5.32 Å². The third kappa shape index (κ3) is 3.75. The number of carbonyl (C=O) groups is 1. The fourth-order valence-electron chi connectivity index (χ4n) is 1.83. The molecule has 2 aromatic rings. The number of alkyl halides is 3. The van der Waals surface area contributed by atoms with Crippen LogP contribution in [0.25, 0.3) is 0 Å². The second kappa shape index (κ2) is 6.05. The molecule has 0 saturated heterocycles. The van der Waals surface area contributed by atoms with Gasteiger partial charge >= 0.3 is 12.1 Å². The zero-order chi connectivity index (χ0) is 16.3. The van der Waals surface area contributed by atoms with Crippen molar-refractivity contribution in [2.45, 2.75) is 19.0 Å². The largest absolute Gasteiger partial charge is 0.481 e. The number of nitrogens with one attached hydrogen (secondary N) is 1. The highest BCUT2D eigenvalue weighted by atomic mass is 19.4. The summed E-state index contributed by atoms with van der Waals surface area (Å²) in [6.07, 6.45) is -3.43. The van der Waals surface area contributed by atoms with Crippen molar-refractivity contribution in [3.05, 3.63) is 53.9 Å². The van der Waals surface area contributed by atoms with E-state index in [4.69, 9.17) is 5.11 Å². The fraction of sp³-hybridized carbons (Fsp3) is 0.200. The number of nitrogens with zero attached hydrogens (tertiary/aromatic N) is 1. The summed E-state index contributed by atoms with van der Waals surface area (Å²) in [6.45, 7) is 1.56. The fourth-order valence-corrected chi connectivity index (χ4v) is 1.83. The predicted octanol–water partition coefficient (Wildman–Crippen LogP) is 4.03. The predicted molar refractivity (Wildman–Crippen MR) is 75.0 cm³/mol. The molecule has 2 rings (SSSR count). The van der Waals surface area contributed by atoms with Crippen LogP contribution in [0.3, 0.4) is 0 Å². The van der Waals surface area contributed by atoms with Crippen LogP contribution in [0.1, 0.15) is 24.1 Å². The Kier molecular flexibility index (Phi) is 4.35. The van der Waals surface area contributed by atoms with Gasteiger partial charge in [0.05, 0.1) is 5.92 Å². The Morgan fingerprint density at radius 1 is 1.18 bits per heavy atom. The van der Waals surface area contributed by atoms with Crippen LogP contribution >= 0.6 is 0 Å². The van der Waals surface area contributed by atoms with Crippen LogP contribution in [-0.4, -0.2) is 16.1 Å². The molecule has 1 aromatic heterocycles. The number of carboxylic acids is 1. The minimum absolute atomic E-state index is 0.251. The summed E-state index contributed by atoms with van der Waals surface area (Å²) in [6, 6.07) is 8.79. The maximum Gasteiger partial charge on any atom is 0.433 e. The lowest BCUT2D eigenvalue weighted by Crippen LogP contribution is -2.08. The highest BCUT2D eigenvalue weighted by molar-refractivity contribution is 5.75. The number of aliphatic carboxylic acids is 1. The second-order valence-corrected chi connectivity index (χ2v) is 4.73. The normalized spacial score (nSPS) is 12.7. The molecular weight excluding hydrogens is 297 g/mol. The van der Waals surface area contributed by atoms with E-state index >= 15 is 0 Å². The first kappa shape index (κ1) is 15.8. The lowest BCUT2D eigenvalue weighted by atomic mass is 10.0. The Morgan fingerprint density at radius 3 is 2.36 bits per heavy atom. The second-order valence-electron chi connectivity index (χ2n) is 4.73. The standard InChI is InChI=1S/C15H13F3N2O2/c1-9(14(21)22)10-2-4-11(5-3-10)20-12-6-7-19-13(8-12)15(16,17)18/h2-9H,1H3,(H,19,20)(H,21,22). The molecule has 1 heterocycles. The van der Waals surface area contributed by atoms with Crippen molar-refractivity contribution in [3.63, 3.8) is 0 Å². The molecule has 0 fully saturated rings. The highest BCUT2D eigenvalue weighted by Crippen LogP contribution is 2.29. The maximum atomic E-state index is 12.6. The van der Waals surface area contributed by atoms with Crippen molar-refractivity contribution in [1.82, 2.24) is 4.98 Å². The lowest BCUT2D eigenvalue weighted by Gasteiger charge is -2.11. The number of halogens is 3. The van der Waals surface area contributed by atoms with Gasteiger partial charge in [0.1, 0.15) is 5.69 Å². The summed E-state index contributed by atoms with van der Waals surface area (Å²) in [5.74, 6) is -1.59. The molecule has 0 aliphatic rings. The SMILES string of the molecule is CC(C(=O)O)c1ccc(Nc2ccnc(C(F)(F)F)c2)cc1. The molecule has 2 N–H and O–H groups in total. The summed E-state index contributed by atoms with van der Waals surface area (Å²) in [4.78, 5) is 14.2. The first-order valence-corrected chi connectivity index (χ1v) is 6.40. The van der Waals surface area contributed by atoms with E-state index in [0.717, 1.165) is 12.3 Å². The zero-order valence-corrected chi connectivity index (χ0v) is 11.6.